The molecule has 0 radical (unpaired) electrons. The quantitative estimate of drug-likeness (QED) is 0.841. The predicted molar refractivity (Wildman–Crippen MR) is 73.8 cm³/mol. The van der Waals surface area contributed by atoms with Gasteiger partial charge in [0.15, 0.2) is 5.82 Å². The molecule has 1 atom stereocenters. The van der Waals surface area contributed by atoms with Crippen molar-refractivity contribution in [1.29, 1.82) is 0 Å². The van der Waals surface area contributed by atoms with Gasteiger partial charge in [0.25, 0.3) is 0 Å². The molecule has 0 saturated carbocycles. The standard InChI is InChI=1S/C14H18N4O3/c1-10-15-14(21-17-10)12-9-20-7-6-18(12)8-11-4-3-5-13(16-11)19-2/h3-5,12H,6-9H2,1-2H3. The van der Waals surface area contributed by atoms with Gasteiger partial charge < -0.3 is 14.0 Å². The Labute approximate surface area is 122 Å². The van der Waals surface area contributed by atoms with Gasteiger partial charge in [-0.05, 0) is 13.0 Å². The van der Waals surface area contributed by atoms with E-state index in [-0.39, 0.29) is 6.04 Å². The fourth-order valence-electron chi connectivity index (χ4n) is 2.37. The lowest BCUT2D eigenvalue weighted by molar-refractivity contribution is -0.0246. The number of nitrogens with zero attached hydrogens (tertiary/aromatic N) is 4. The van der Waals surface area contributed by atoms with Crippen LogP contribution in [0.3, 0.4) is 0 Å². The van der Waals surface area contributed by atoms with E-state index >= 15 is 0 Å². The van der Waals surface area contributed by atoms with Crippen LogP contribution in [-0.2, 0) is 11.3 Å². The maximum atomic E-state index is 5.54. The van der Waals surface area contributed by atoms with Gasteiger partial charge >= 0.3 is 0 Å². The maximum absolute atomic E-state index is 5.54. The Morgan fingerprint density at radius 3 is 3.05 bits per heavy atom. The topological polar surface area (TPSA) is 73.5 Å². The van der Waals surface area contributed by atoms with Gasteiger partial charge in [-0.25, -0.2) is 4.98 Å². The summed E-state index contributed by atoms with van der Waals surface area (Å²) in [5.41, 5.74) is 0.942. The first-order valence-corrected chi connectivity index (χ1v) is 6.88. The lowest BCUT2D eigenvalue weighted by Crippen LogP contribution is -2.39. The van der Waals surface area contributed by atoms with Crippen molar-refractivity contribution in [3.63, 3.8) is 0 Å². The number of rotatable bonds is 4. The molecular formula is C14H18N4O3. The molecule has 1 aliphatic heterocycles. The minimum absolute atomic E-state index is 0.0343. The summed E-state index contributed by atoms with van der Waals surface area (Å²) in [6.45, 7) is 4.53. The van der Waals surface area contributed by atoms with Crippen LogP contribution in [0.1, 0.15) is 23.5 Å². The lowest BCUT2D eigenvalue weighted by atomic mass is 10.2. The van der Waals surface area contributed by atoms with Crippen molar-refractivity contribution in [2.24, 2.45) is 0 Å². The number of morpholine rings is 1. The van der Waals surface area contributed by atoms with E-state index in [4.69, 9.17) is 14.0 Å². The molecule has 0 amide bonds. The van der Waals surface area contributed by atoms with Crippen molar-refractivity contribution in [2.45, 2.75) is 19.5 Å². The van der Waals surface area contributed by atoms with E-state index in [0.717, 1.165) is 12.2 Å². The van der Waals surface area contributed by atoms with Gasteiger partial charge in [0.2, 0.25) is 11.8 Å². The lowest BCUT2D eigenvalue weighted by Gasteiger charge is -2.32. The molecule has 21 heavy (non-hydrogen) atoms. The third kappa shape index (κ3) is 3.20. The van der Waals surface area contributed by atoms with Crippen LogP contribution in [0.15, 0.2) is 22.7 Å². The second kappa shape index (κ2) is 6.19. The molecule has 0 aromatic carbocycles. The summed E-state index contributed by atoms with van der Waals surface area (Å²) in [5.74, 6) is 1.84. The van der Waals surface area contributed by atoms with Crippen molar-refractivity contribution in [3.8, 4) is 5.88 Å². The Morgan fingerprint density at radius 2 is 2.29 bits per heavy atom. The van der Waals surface area contributed by atoms with E-state index in [1.165, 1.54) is 0 Å². The number of pyridine rings is 1. The van der Waals surface area contributed by atoms with Gasteiger partial charge in [-0.3, -0.25) is 4.90 Å². The molecule has 1 saturated heterocycles. The average molecular weight is 290 g/mol. The van der Waals surface area contributed by atoms with E-state index in [9.17, 15) is 0 Å². The van der Waals surface area contributed by atoms with Crippen molar-refractivity contribution >= 4 is 0 Å². The van der Waals surface area contributed by atoms with Gasteiger partial charge in [-0.2, -0.15) is 4.98 Å². The van der Waals surface area contributed by atoms with E-state index in [1.807, 2.05) is 25.1 Å². The van der Waals surface area contributed by atoms with E-state index < -0.39 is 0 Å². The molecule has 2 aromatic heterocycles. The molecule has 1 unspecified atom stereocenters. The summed E-state index contributed by atoms with van der Waals surface area (Å²) in [7, 11) is 1.62. The second-order valence-electron chi connectivity index (χ2n) is 4.91. The molecule has 0 aliphatic carbocycles. The van der Waals surface area contributed by atoms with Gasteiger partial charge in [0.1, 0.15) is 6.04 Å². The molecule has 7 heteroatoms. The number of hydrogen-bond acceptors (Lipinski definition) is 7. The highest BCUT2D eigenvalue weighted by molar-refractivity contribution is 5.16. The van der Waals surface area contributed by atoms with Gasteiger partial charge in [0, 0.05) is 19.2 Å². The molecule has 0 spiro atoms. The van der Waals surface area contributed by atoms with Crippen molar-refractivity contribution < 1.29 is 14.0 Å². The van der Waals surface area contributed by atoms with Crippen LogP contribution >= 0.6 is 0 Å². The summed E-state index contributed by atoms with van der Waals surface area (Å²) in [4.78, 5) is 11.0. The summed E-state index contributed by atoms with van der Waals surface area (Å²) in [6.07, 6.45) is 0. The zero-order valence-electron chi connectivity index (χ0n) is 12.2. The summed E-state index contributed by atoms with van der Waals surface area (Å²) < 4.78 is 16.0. The highest BCUT2D eigenvalue weighted by atomic mass is 16.5. The highest BCUT2D eigenvalue weighted by Crippen LogP contribution is 2.24. The van der Waals surface area contributed by atoms with Crippen LogP contribution < -0.4 is 4.74 Å². The molecule has 2 aromatic rings. The Hall–Kier alpha value is -1.99. The van der Waals surface area contributed by atoms with Gasteiger partial charge in [-0.1, -0.05) is 11.2 Å². The van der Waals surface area contributed by atoms with E-state index in [2.05, 4.69) is 20.0 Å². The number of ether oxygens (including phenoxy) is 2. The second-order valence-corrected chi connectivity index (χ2v) is 4.91. The minimum atomic E-state index is -0.0343. The number of hydrogen-bond donors (Lipinski definition) is 0. The zero-order valence-corrected chi connectivity index (χ0v) is 12.2. The van der Waals surface area contributed by atoms with Crippen molar-refractivity contribution in [2.75, 3.05) is 26.9 Å². The maximum Gasteiger partial charge on any atom is 0.246 e. The van der Waals surface area contributed by atoms with E-state index in [1.54, 1.807) is 7.11 Å². The Bertz CT molecular complexity index is 601. The van der Waals surface area contributed by atoms with Crippen LogP contribution in [0.2, 0.25) is 0 Å². The van der Waals surface area contributed by atoms with E-state index in [0.29, 0.717) is 37.4 Å². The Morgan fingerprint density at radius 1 is 1.38 bits per heavy atom. The molecule has 0 N–H and O–H groups in total. The molecular weight excluding hydrogens is 272 g/mol. The predicted octanol–water partition coefficient (Wildman–Crippen LogP) is 1.36. The molecule has 0 bridgehead atoms. The summed E-state index contributed by atoms with van der Waals surface area (Å²) >= 11 is 0. The third-order valence-electron chi connectivity index (χ3n) is 3.42. The summed E-state index contributed by atoms with van der Waals surface area (Å²) in [5, 5.41) is 3.86. The first kappa shape index (κ1) is 14.0. The molecule has 1 fully saturated rings. The summed E-state index contributed by atoms with van der Waals surface area (Å²) in [6, 6.07) is 5.72. The first-order valence-electron chi connectivity index (χ1n) is 6.88. The smallest absolute Gasteiger partial charge is 0.246 e. The SMILES string of the molecule is COc1cccc(CN2CCOCC2c2nc(C)no2)n1. The third-order valence-corrected chi connectivity index (χ3v) is 3.42. The van der Waals surface area contributed by atoms with Crippen LogP contribution in [0.25, 0.3) is 0 Å². The monoisotopic (exact) mass is 290 g/mol. The number of aryl methyl sites for hydroxylation is 1. The van der Waals surface area contributed by atoms with Gasteiger partial charge in [-0.15, -0.1) is 0 Å². The Kier molecular flexibility index (Phi) is 4.12. The van der Waals surface area contributed by atoms with Crippen LogP contribution in [0.4, 0.5) is 0 Å². The number of methoxy groups -OCH3 is 1. The van der Waals surface area contributed by atoms with Crippen LogP contribution in [0, 0.1) is 6.92 Å². The normalized spacial score (nSPS) is 19.6. The molecule has 112 valence electrons. The zero-order chi connectivity index (χ0) is 14.7. The van der Waals surface area contributed by atoms with Crippen molar-refractivity contribution in [3.05, 3.63) is 35.6 Å². The number of aromatic nitrogens is 3. The first-order chi connectivity index (χ1) is 10.3. The fraction of sp³-hybridized carbons (Fsp3) is 0.500. The Balaban J connectivity index is 1.77. The molecule has 3 rings (SSSR count). The highest BCUT2D eigenvalue weighted by Gasteiger charge is 2.29. The largest absolute Gasteiger partial charge is 0.481 e. The molecule has 7 nitrogen and oxygen atoms in total. The van der Waals surface area contributed by atoms with Gasteiger partial charge in [0.05, 0.1) is 26.0 Å². The van der Waals surface area contributed by atoms with Crippen LogP contribution in [0.5, 0.6) is 5.88 Å². The molecule has 3 heterocycles. The molecule has 1 aliphatic rings. The fourth-order valence-corrected chi connectivity index (χ4v) is 2.37. The average Bonchev–Trinajstić information content (AvgIpc) is 2.94. The minimum Gasteiger partial charge on any atom is -0.481 e. The van der Waals surface area contributed by atoms with Crippen molar-refractivity contribution in [1.82, 2.24) is 20.0 Å². The van der Waals surface area contributed by atoms with Crippen LogP contribution in [-0.4, -0.2) is 46.9 Å².